The summed E-state index contributed by atoms with van der Waals surface area (Å²) in [6.07, 6.45) is 0. The van der Waals surface area contributed by atoms with E-state index in [1.807, 2.05) is 0 Å². The van der Waals surface area contributed by atoms with Crippen molar-refractivity contribution < 1.29 is 0 Å². The Morgan fingerprint density at radius 1 is 0.415 bits per heavy atom. The first-order valence-corrected chi connectivity index (χ1v) is 19.1. The first-order chi connectivity index (χ1) is 18.1. The summed E-state index contributed by atoms with van der Waals surface area (Å²) < 4.78 is 0. The summed E-state index contributed by atoms with van der Waals surface area (Å²) in [4.78, 5) is 0. The quantitative estimate of drug-likeness (QED) is 0.271. The van der Waals surface area contributed by atoms with Gasteiger partial charge in [-0.3, -0.25) is 0 Å². The largest absolute Gasteiger partial charge is 0.0967 e. The molecule has 0 nitrogen and oxygen atoms in total. The zero-order valence-corrected chi connectivity index (χ0v) is 32.5. The van der Waals surface area contributed by atoms with Crippen molar-refractivity contribution in [1.29, 1.82) is 0 Å². The fourth-order valence-electron chi connectivity index (χ4n) is 5.50. The number of hydrogen-bond acceptors (Lipinski definition) is 0. The van der Waals surface area contributed by atoms with Gasteiger partial charge in [-0.1, -0.05) is 157 Å². The minimum atomic E-state index is 0.0714. The summed E-state index contributed by atoms with van der Waals surface area (Å²) in [5.74, 6) is 0. The number of hydrogen-bond donors (Lipinski definition) is 0. The Bertz CT molecular complexity index is 1230. The Morgan fingerprint density at radius 2 is 0.707 bits per heavy atom. The van der Waals surface area contributed by atoms with Crippen LogP contribution in [0.2, 0.25) is 0 Å². The highest BCUT2D eigenvalue weighted by atomic mass is 31.8. The number of benzene rings is 2. The molecule has 226 valence electrons. The maximum Gasteiger partial charge on any atom is 0.0415 e. The van der Waals surface area contributed by atoms with Gasteiger partial charge in [0.15, 0.2) is 0 Å². The van der Waals surface area contributed by atoms with E-state index < -0.39 is 0 Å². The summed E-state index contributed by atoms with van der Waals surface area (Å²) in [6, 6.07) is 10.2. The summed E-state index contributed by atoms with van der Waals surface area (Å²) in [5, 5.41) is 3.24. The van der Waals surface area contributed by atoms with E-state index in [-0.39, 0.29) is 32.5 Å². The van der Waals surface area contributed by atoms with Crippen molar-refractivity contribution >= 4 is 23.9 Å². The van der Waals surface area contributed by atoms with Crippen LogP contribution in [-0.2, 0) is 32.5 Å². The van der Waals surface area contributed by atoms with Crippen LogP contribution in [0.4, 0.5) is 0 Å². The topological polar surface area (TPSA) is 0 Å². The molecule has 3 aromatic rings. The van der Waals surface area contributed by atoms with E-state index in [4.69, 9.17) is 0 Å². The lowest BCUT2D eigenvalue weighted by Gasteiger charge is -2.34. The Morgan fingerprint density at radius 3 is 0.976 bits per heavy atom. The summed E-state index contributed by atoms with van der Waals surface area (Å²) in [7, 11) is 3.71. The molecule has 1 aromatic heterocycles. The van der Waals surface area contributed by atoms with Crippen LogP contribution in [0.15, 0.2) is 24.3 Å². The molecular formula is C38H59P3. The Balaban J connectivity index is 2.47. The van der Waals surface area contributed by atoms with Gasteiger partial charge in [-0.2, -0.15) is 0 Å². The van der Waals surface area contributed by atoms with Crippen molar-refractivity contribution in [1.82, 2.24) is 0 Å². The average molecular weight is 609 g/mol. The summed E-state index contributed by atoms with van der Waals surface area (Å²) in [5.41, 5.74) is 12.6. The van der Waals surface area contributed by atoms with Crippen molar-refractivity contribution in [2.45, 2.75) is 157 Å². The van der Waals surface area contributed by atoms with Crippen LogP contribution in [0.1, 0.15) is 158 Å². The third-order valence-corrected chi connectivity index (χ3v) is 14.1. The first-order valence-electron chi connectivity index (χ1n) is 15.5. The number of rotatable bonds is 2. The van der Waals surface area contributed by atoms with E-state index in [0.29, 0.717) is 0 Å². The van der Waals surface area contributed by atoms with E-state index in [1.54, 1.807) is 21.2 Å². The molecule has 3 rings (SSSR count). The highest BCUT2D eigenvalue weighted by Gasteiger charge is 2.33. The minimum absolute atomic E-state index is 0.0714. The predicted molar refractivity (Wildman–Crippen MR) is 194 cm³/mol. The zero-order valence-electron chi connectivity index (χ0n) is 29.7. The van der Waals surface area contributed by atoms with Crippen LogP contribution < -0.4 is 0 Å². The third kappa shape index (κ3) is 7.60. The SMILES string of the molecule is CC(C)(C)c1cc(C(C)(C)C)c(-c2p[pH]c(-c3c(C(C)(C)C)cc(C(C)(C)C)cc3C(C)(C)C)p2)c(C(C)(C)C)c1. The molecule has 1 heterocycles. The van der Waals surface area contributed by atoms with Crippen LogP contribution in [0.25, 0.3) is 21.2 Å². The molecule has 0 saturated carbocycles. The normalized spacial score (nSPS) is 14.7. The van der Waals surface area contributed by atoms with Crippen molar-refractivity contribution in [3.05, 3.63) is 57.6 Å². The van der Waals surface area contributed by atoms with Crippen molar-refractivity contribution in [3.8, 4) is 21.2 Å². The van der Waals surface area contributed by atoms with Crippen LogP contribution in [0.3, 0.4) is 0 Å². The van der Waals surface area contributed by atoms with Crippen LogP contribution in [-0.4, -0.2) is 0 Å². The Labute approximate surface area is 259 Å². The lowest BCUT2D eigenvalue weighted by molar-refractivity contribution is 0.550. The molecule has 0 aliphatic rings. The van der Waals surface area contributed by atoms with Crippen molar-refractivity contribution in [2.75, 3.05) is 0 Å². The zero-order chi connectivity index (χ0) is 31.7. The van der Waals surface area contributed by atoms with Gasteiger partial charge in [0.05, 0.1) is 0 Å². The van der Waals surface area contributed by atoms with Crippen LogP contribution in [0, 0.1) is 0 Å². The van der Waals surface area contributed by atoms with Gasteiger partial charge in [0.25, 0.3) is 0 Å². The second kappa shape index (κ2) is 10.9. The van der Waals surface area contributed by atoms with E-state index in [1.165, 1.54) is 49.4 Å². The fourth-order valence-corrected chi connectivity index (χ4v) is 11.8. The third-order valence-electron chi connectivity index (χ3n) is 8.19. The van der Waals surface area contributed by atoms with E-state index in [2.05, 4.69) is 149 Å². The van der Waals surface area contributed by atoms with E-state index in [0.717, 1.165) is 7.87 Å². The lowest BCUT2D eigenvalue weighted by Crippen LogP contribution is -2.22. The molecule has 0 spiro atoms. The second-order valence-corrected chi connectivity index (χ2v) is 23.0. The molecule has 2 aromatic carbocycles. The second-order valence-electron chi connectivity index (χ2n) is 18.4. The van der Waals surface area contributed by atoms with Gasteiger partial charge in [-0.25, -0.2) is 0 Å². The van der Waals surface area contributed by atoms with Crippen molar-refractivity contribution in [3.63, 3.8) is 0 Å². The van der Waals surface area contributed by atoms with Crippen molar-refractivity contribution in [2.24, 2.45) is 0 Å². The van der Waals surface area contributed by atoms with Crippen LogP contribution in [0.5, 0.6) is 0 Å². The highest BCUT2D eigenvalue weighted by molar-refractivity contribution is 8.00. The standard InChI is InChI=1S/C38H59P3/c1-33(2,3)23-19-25(35(7,8)9)29(26(20-23)36(10,11)12)31-39-32(41-40-31)30-27(37(13,14)15)21-24(34(4,5)6)22-28(30)38(16,17)18/h19-22,40H,1-18H3. The summed E-state index contributed by atoms with van der Waals surface area (Å²) in [6.45, 7) is 43.0. The molecular weight excluding hydrogens is 549 g/mol. The molecule has 0 bridgehead atoms. The molecule has 1 unspecified atom stereocenters. The molecule has 0 aliphatic carbocycles. The minimum Gasteiger partial charge on any atom is -0.0967 e. The smallest absolute Gasteiger partial charge is 0.0415 e. The molecule has 0 amide bonds. The van der Waals surface area contributed by atoms with Gasteiger partial charge in [0, 0.05) is 10.1 Å². The lowest BCUT2D eigenvalue weighted by atomic mass is 9.72. The molecule has 0 N–H and O–H groups in total. The predicted octanol–water partition coefficient (Wildman–Crippen LogP) is 14.0. The van der Waals surface area contributed by atoms with Gasteiger partial charge in [-0.15, -0.1) is 0 Å². The van der Waals surface area contributed by atoms with Gasteiger partial charge in [0.1, 0.15) is 0 Å². The molecule has 0 radical (unpaired) electrons. The fraction of sp³-hybridized carbons (Fsp3) is 0.632. The highest BCUT2D eigenvalue weighted by Crippen LogP contribution is 2.59. The molecule has 1 atom stereocenters. The van der Waals surface area contributed by atoms with Crippen LogP contribution >= 0.6 is 23.9 Å². The maximum atomic E-state index is 2.55. The van der Waals surface area contributed by atoms with Gasteiger partial charge >= 0.3 is 0 Å². The Hall–Kier alpha value is -0.920. The molecule has 0 saturated heterocycles. The monoisotopic (exact) mass is 608 g/mol. The summed E-state index contributed by atoms with van der Waals surface area (Å²) >= 11 is 0. The maximum absolute atomic E-state index is 2.55. The molecule has 0 fully saturated rings. The van der Waals surface area contributed by atoms with Gasteiger partial charge in [0.2, 0.25) is 0 Å². The van der Waals surface area contributed by atoms with E-state index in [9.17, 15) is 0 Å². The van der Waals surface area contributed by atoms with E-state index >= 15 is 0 Å². The average Bonchev–Trinajstić information content (AvgIpc) is 3.23. The molecule has 41 heavy (non-hydrogen) atoms. The molecule has 0 aliphatic heterocycles. The van der Waals surface area contributed by atoms with Gasteiger partial charge < -0.3 is 0 Å². The van der Waals surface area contributed by atoms with Gasteiger partial charge in [-0.05, 0) is 93.1 Å². The molecule has 3 heteroatoms. The first kappa shape index (κ1) is 34.6. The Kier molecular flexibility index (Phi) is 9.20.